The van der Waals surface area contributed by atoms with Crippen LogP contribution in [0, 0.1) is 0 Å². The zero-order chi connectivity index (χ0) is 17.9. The molecule has 138 valence electrons. The Morgan fingerprint density at radius 3 is 2.65 bits per heavy atom. The van der Waals surface area contributed by atoms with Crippen LogP contribution in [0.3, 0.4) is 0 Å². The summed E-state index contributed by atoms with van der Waals surface area (Å²) in [6.07, 6.45) is 6.23. The van der Waals surface area contributed by atoms with Gasteiger partial charge < -0.3 is 15.3 Å². The van der Waals surface area contributed by atoms with Crippen molar-refractivity contribution < 1.29 is 9.90 Å². The summed E-state index contributed by atoms with van der Waals surface area (Å²) < 4.78 is 0. The zero-order valence-electron chi connectivity index (χ0n) is 15.2. The van der Waals surface area contributed by atoms with Crippen LogP contribution in [-0.2, 0) is 6.42 Å². The molecule has 0 radical (unpaired) electrons. The molecule has 2 amide bonds. The second-order valence-corrected chi connectivity index (χ2v) is 7.79. The Morgan fingerprint density at radius 2 is 1.81 bits per heavy atom. The third-order valence-corrected chi connectivity index (χ3v) is 6.00. The van der Waals surface area contributed by atoms with Crippen LogP contribution < -0.4 is 5.32 Å². The minimum Gasteiger partial charge on any atom is -0.393 e. The Kier molecular flexibility index (Phi) is 5.11. The number of amides is 2. The first-order chi connectivity index (χ1) is 12.7. The molecule has 4 nitrogen and oxygen atoms in total. The van der Waals surface area contributed by atoms with Gasteiger partial charge in [0.2, 0.25) is 0 Å². The number of urea groups is 1. The van der Waals surface area contributed by atoms with Gasteiger partial charge in [-0.2, -0.15) is 0 Å². The lowest BCUT2D eigenvalue weighted by Crippen LogP contribution is -2.48. The molecule has 0 bridgehead atoms. The number of fused-ring (bicyclic) bond motifs is 1. The van der Waals surface area contributed by atoms with Gasteiger partial charge in [0.1, 0.15) is 0 Å². The van der Waals surface area contributed by atoms with E-state index in [4.69, 9.17) is 0 Å². The predicted octanol–water partition coefficient (Wildman–Crippen LogP) is 3.86. The van der Waals surface area contributed by atoms with Gasteiger partial charge in [-0.1, -0.05) is 42.5 Å². The summed E-state index contributed by atoms with van der Waals surface area (Å²) in [6, 6.07) is 15.5. The summed E-state index contributed by atoms with van der Waals surface area (Å²) in [5, 5.41) is 15.4. The molecule has 1 aliphatic heterocycles. The second kappa shape index (κ2) is 7.67. The molecule has 1 aliphatic carbocycles. The number of benzene rings is 2. The zero-order valence-corrected chi connectivity index (χ0v) is 15.2. The van der Waals surface area contributed by atoms with Crippen LogP contribution in [0.4, 0.5) is 4.79 Å². The molecule has 1 saturated carbocycles. The smallest absolute Gasteiger partial charge is 0.317 e. The van der Waals surface area contributed by atoms with Crippen LogP contribution in [-0.4, -0.2) is 40.8 Å². The topological polar surface area (TPSA) is 52.6 Å². The first kappa shape index (κ1) is 17.3. The van der Waals surface area contributed by atoms with Crippen molar-refractivity contribution in [3.8, 4) is 0 Å². The Balaban J connectivity index is 1.44. The van der Waals surface area contributed by atoms with Crippen molar-refractivity contribution in [2.75, 3.05) is 6.54 Å². The molecule has 2 aromatic rings. The Labute approximate surface area is 155 Å². The molecule has 1 atom stereocenters. The van der Waals surface area contributed by atoms with E-state index in [1.165, 1.54) is 16.3 Å². The summed E-state index contributed by atoms with van der Waals surface area (Å²) in [6.45, 7) is 0.844. The van der Waals surface area contributed by atoms with Crippen LogP contribution in [0.25, 0.3) is 10.8 Å². The van der Waals surface area contributed by atoms with E-state index in [-0.39, 0.29) is 24.2 Å². The first-order valence-electron chi connectivity index (χ1n) is 9.92. The summed E-state index contributed by atoms with van der Waals surface area (Å²) in [5.74, 6) is 0. The van der Waals surface area contributed by atoms with Crippen LogP contribution in [0.15, 0.2) is 42.5 Å². The van der Waals surface area contributed by atoms with E-state index in [1.807, 2.05) is 4.90 Å². The van der Waals surface area contributed by atoms with Crippen LogP contribution >= 0.6 is 0 Å². The molecule has 1 heterocycles. The van der Waals surface area contributed by atoms with Crippen molar-refractivity contribution in [2.24, 2.45) is 0 Å². The number of aliphatic hydroxyl groups is 1. The fourth-order valence-corrected chi connectivity index (χ4v) is 4.52. The van der Waals surface area contributed by atoms with E-state index in [9.17, 15) is 9.90 Å². The van der Waals surface area contributed by atoms with Gasteiger partial charge in [-0.25, -0.2) is 4.79 Å². The molecule has 26 heavy (non-hydrogen) atoms. The first-order valence-corrected chi connectivity index (χ1v) is 9.92. The summed E-state index contributed by atoms with van der Waals surface area (Å²) in [5.41, 5.74) is 1.33. The molecule has 1 saturated heterocycles. The van der Waals surface area contributed by atoms with Gasteiger partial charge in [0.05, 0.1) is 6.10 Å². The molecule has 0 spiro atoms. The summed E-state index contributed by atoms with van der Waals surface area (Å²) in [7, 11) is 0. The van der Waals surface area contributed by atoms with E-state index < -0.39 is 0 Å². The largest absolute Gasteiger partial charge is 0.393 e. The molecule has 2 fully saturated rings. The molecular formula is C22H28N2O2. The number of nitrogens with zero attached hydrogens (tertiary/aromatic N) is 1. The fourth-order valence-electron chi connectivity index (χ4n) is 4.52. The highest BCUT2D eigenvalue weighted by atomic mass is 16.3. The highest BCUT2D eigenvalue weighted by Crippen LogP contribution is 2.26. The number of hydrogen-bond acceptors (Lipinski definition) is 2. The van der Waals surface area contributed by atoms with Gasteiger partial charge in [-0.3, -0.25) is 0 Å². The maximum absolute atomic E-state index is 12.8. The third-order valence-electron chi connectivity index (χ3n) is 6.00. The lowest BCUT2D eigenvalue weighted by atomic mass is 9.93. The van der Waals surface area contributed by atoms with E-state index in [0.717, 1.165) is 51.5 Å². The highest BCUT2D eigenvalue weighted by molar-refractivity contribution is 5.85. The van der Waals surface area contributed by atoms with Gasteiger partial charge >= 0.3 is 6.03 Å². The lowest BCUT2D eigenvalue weighted by Gasteiger charge is -2.31. The van der Waals surface area contributed by atoms with Crippen LogP contribution in [0.5, 0.6) is 0 Å². The predicted molar refractivity (Wildman–Crippen MR) is 104 cm³/mol. The molecule has 4 heteroatoms. The SMILES string of the molecule is O=C(NC1CCC(O)CC1)N1CCC[C@@H]1Cc1cccc2ccccc12. The Hall–Kier alpha value is -2.07. The molecule has 4 rings (SSSR count). The van der Waals surface area contributed by atoms with Gasteiger partial charge in [-0.05, 0) is 61.3 Å². The van der Waals surface area contributed by atoms with E-state index in [1.54, 1.807) is 0 Å². The minimum absolute atomic E-state index is 0.0779. The van der Waals surface area contributed by atoms with Gasteiger partial charge in [-0.15, -0.1) is 0 Å². The maximum Gasteiger partial charge on any atom is 0.317 e. The Morgan fingerprint density at radius 1 is 1.04 bits per heavy atom. The number of likely N-dealkylation sites (tertiary alicyclic amines) is 1. The van der Waals surface area contributed by atoms with Gasteiger partial charge in [0.15, 0.2) is 0 Å². The van der Waals surface area contributed by atoms with Crippen molar-refractivity contribution >= 4 is 16.8 Å². The van der Waals surface area contributed by atoms with E-state index in [0.29, 0.717) is 0 Å². The molecule has 2 N–H and O–H groups in total. The highest BCUT2D eigenvalue weighted by Gasteiger charge is 2.31. The summed E-state index contributed by atoms with van der Waals surface area (Å²) in [4.78, 5) is 14.8. The summed E-state index contributed by atoms with van der Waals surface area (Å²) >= 11 is 0. The standard InChI is InChI=1S/C22H28N2O2/c25-20-12-10-18(11-13-20)23-22(26)24-14-4-8-19(24)15-17-7-3-6-16-5-1-2-9-21(16)17/h1-3,5-7,9,18-20,25H,4,8,10-15H2,(H,23,26)/t18?,19-,20?/m1/s1. The monoisotopic (exact) mass is 352 g/mol. The minimum atomic E-state index is -0.186. The van der Waals surface area contributed by atoms with Crippen molar-refractivity contribution in [2.45, 2.75) is 63.1 Å². The van der Waals surface area contributed by atoms with Gasteiger partial charge in [0.25, 0.3) is 0 Å². The normalized spacial score (nSPS) is 26.2. The molecular weight excluding hydrogens is 324 g/mol. The molecule has 0 aromatic heterocycles. The second-order valence-electron chi connectivity index (χ2n) is 7.79. The molecule has 2 aromatic carbocycles. The van der Waals surface area contributed by atoms with Crippen LogP contribution in [0.2, 0.25) is 0 Å². The number of carbonyl (C=O) groups is 1. The van der Waals surface area contributed by atoms with E-state index in [2.05, 4.69) is 47.8 Å². The number of hydrogen-bond donors (Lipinski definition) is 2. The van der Waals surface area contributed by atoms with Crippen molar-refractivity contribution in [3.05, 3.63) is 48.0 Å². The third kappa shape index (κ3) is 3.70. The molecule has 2 aliphatic rings. The maximum atomic E-state index is 12.8. The number of nitrogens with one attached hydrogen (secondary N) is 1. The average molecular weight is 352 g/mol. The molecule has 0 unspecified atom stereocenters. The van der Waals surface area contributed by atoms with Crippen molar-refractivity contribution in [3.63, 3.8) is 0 Å². The average Bonchev–Trinajstić information content (AvgIpc) is 3.12. The van der Waals surface area contributed by atoms with Crippen molar-refractivity contribution in [1.29, 1.82) is 0 Å². The fraction of sp³-hybridized carbons (Fsp3) is 0.500. The Bertz CT molecular complexity index is 762. The number of aliphatic hydroxyl groups excluding tert-OH is 1. The van der Waals surface area contributed by atoms with Gasteiger partial charge in [0, 0.05) is 18.6 Å². The lowest BCUT2D eigenvalue weighted by molar-refractivity contribution is 0.114. The quantitative estimate of drug-likeness (QED) is 0.881. The van der Waals surface area contributed by atoms with Crippen molar-refractivity contribution in [1.82, 2.24) is 10.2 Å². The van der Waals surface area contributed by atoms with E-state index >= 15 is 0 Å². The van der Waals surface area contributed by atoms with Crippen LogP contribution in [0.1, 0.15) is 44.1 Å². The number of rotatable bonds is 3. The number of carbonyl (C=O) groups excluding carboxylic acids is 1.